The quantitative estimate of drug-likeness (QED) is 0.423. The molecule has 0 fully saturated rings. The van der Waals surface area contributed by atoms with E-state index < -0.39 is 0 Å². The second-order valence-electron chi connectivity index (χ2n) is 3.69. The Kier molecular flexibility index (Phi) is 5.48. The number of nitrogens with two attached hydrogens (primary N) is 1. The van der Waals surface area contributed by atoms with Crippen LogP contribution in [0, 0.1) is 0 Å². The molecule has 0 aliphatic rings. The molecule has 0 radical (unpaired) electrons. The van der Waals surface area contributed by atoms with Crippen LogP contribution in [-0.4, -0.2) is 38.9 Å². The Morgan fingerprint density at radius 2 is 1.69 bits per heavy atom. The summed E-state index contributed by atoms with van der Waals surface area (Å²) in [7, 11) is 5.77. The molecule has 0 heterocycles. The molecule has 5 N–H and O–H groups in total. The van der Waals surface area contributed by atoms with Crippen LogP contribution in [0.25, 0.3) is 0 Å². The molecule has 4 heteroatoms. The Morgan fingerprint density at radius 3 is 2.00 bits per heavy atom. The van der Waals surface area contributed by atoms with E-state index in [0.29, 0.717) is 6.04 Å². The van der Waals surface area contributed by atoms with Crippen molar-refractivity contribution >= 4 is 0 Å². The van der Waals surface area contributed by atoms with Gasteiger partial charge in [0.05, 0.1) is 5.66 Å². The van der Waals surface area contributed by atoms with Crippen molar-refractivity contribution in [2.45, 2.75) is 38.0 Å². The number of hydrogen-bond acceptors (Lipinski definition) is 4. The number of likely N-dealkylation sites (N-methyl/N-ethyl adjacent to an activating group) is 2. The molecule has 0 aliphatic carbocycles. The molecule has 0 saturated heterocycles. The first-order valence-electron chi connectivity index (χ1n) is 4.82. The van der Waals surface area contributed by atoms with Crippen molar-refractivity contribution in [3.05, 3.63) is 0 Å². The van der Waals surface area contributed by atoms with Gasteiger partial charge >= 0.3 is 0 Å². The SMILES string of the molecule is CNC(C)CC(N)(NC)C(C)NC. The van der Waals surface area contributed by atoms with Crippen LogP contribution in [0.3, 0.4) is 0 Å². The van der Waals surface area contributed by atoms with Gasteiger partial charge in [-0.1, -0.05) is 0 Å². The van der Waals surface area contributed by atoms with Gasteiger partial charge in [-0.25, -0.2) is 0 Å². The first kappa shape index (κ1) is 12.8. The average molecular weight is 188 g/mol. The van der Waals surface area contributed by atoms with Crippen molar-refractivity contribution in [1.29, 1.82) is 0 Å². The second kappa shape index (κ2) is 5.54. The summed E-state index contributed by atoms with van der Waals surface area (Å²) in [5.41, 5.74) is 5.86. The van der Waals surface area contributed by atoms with Gasteiger partial charge in [0.15, 0.2) is 0 Å². The second-order valence-corrected chi connectivity index (χ2v) is 3.69. The van der Waals surface area contributed by atoms with E-state index in [-0.39, 0.29) is 11.7 Å². The average Bonchev–Trinajstić information content (AvgIpc) is 2.15. The topological polar surface area (TPSA) is 62.1 Å². The Hall–Kier alpha value is -0.160. The molecule has 0 amide bonds. The van der Waals surface area contributed by atoms with Crippen LogP contribution in [0.15, 0.2) is 0 Å². The van der Waals surface area contributed by atoms with Crippen LogP contribution < -0.4 is 21.7 Å². The highest BCUT2D eigenvalue weighted by atomic mass is 15.1. The van der Waals surface area contributed by atoms with Gasteiger partial charge in [-0.2, -0.15) is 0 Å². The minimum atomic E-state index is -0.350. The Bertz CT molecular complexity index is 140. The molecule has 0 aromatic heterocycles. The summed E-state index contributed by atoms with van der Waals surface area (Å²) < 4.78 is 0. The fraction of sp³-hybridized carbons (Fsp3) is 1.00. The third-order valence-corrected chi connectivity index (χ3v) is 2.81. The van der Waals surface area contributed by atoms with Crippen molar-refractivity contribution < 1.29 is 0 Å². The van der Waals surface area contributed by atoms with Crippen LogP contribution >= 0.6 is 0 Å². The lowest BCUT2D eigenvalue weighted by Crippen LogP contribution is -2.65. The van der Waals surface area contributed by atoms with Crippen molar-refractivity contribution in [3.8, 4) is 0 Å². The van der Waals surface area contributed by atoms with E-state index in [1.54, 1.807) is 0 Å². The molecule has 3 atom stereocenters. The predicted molar refractivity (Wildman–Crippen MR) is 57.6 cm³/mol. The Balaban J connectivity index is 4.26. The molecule has 0 aliphatic heterocycles. The number of nitrogens with one attached hydrogen (secondary N) is 3. The van der Waals surface area contributed by atoms with E-state index in [1.807, 2.05) is 21.1 Å². The van der Waals surface area contributed by atoms with Crippen LogP contribution in [0.1, 0.15) is 20.3 Å². The lowest BCUT2D eigenvalue weighted by atomic mass is 9.95. The van der Waals surface area contributed by atoms with Crippen LogP contribution in [0.4, 0.5) is 0 Å². The maximum absolute atomic E-state index is 6.21. The molecule has 0 saturated carbocycles. The van der Waals surface area contributed by atoms with E-state index in [4.69, 9.17) is 5.73 Å². The molecule has 0 rings (SSSR count). The summed E-state index contributed by atoms with van der Waals surface area (Å²) in [6, 6.07) is 0.654. The maximum Gasteiger partial charge on any atom is 0.0829 e. The molecular weight excluding hydrogens is 164 g/mol. The van der Waals surface area contributed by atoms with Crippen molar-refractivity contribution in [3.63, 3.8) is 0 Å². The van der Waals surface area contributed by atoms with Gasteiger partial charge < -0.3 is 21.7 Å². The summed E-state index contributed by atoms with van der Waals surface area (Å²) in [6.45, 7) is 4.21. The fourth-order valence-electron chi connectivity index (χ4n) is 1.36. The summed E-state index contributed by atoms with van der Waals surface area (Å²) in [4.78, 5) is 0. The van der Waals surface area contributed by atoms with Gasteiger partial charge in [0.25, 0.3) is 0 Å². The maximum atomic E-state index is 6.21. The van der Waals surface area contributed by atoms with E-state index in [9.17, 15) is 0 Å². The Labute approximate surface area is 81.6 Å². The molecule has 4 nitrogen and oxygen atoms in total. The number of rotatable bonds is 6. The zero-order valence-electron chi connectivity index (χ0n) is 9.44. The third-order valence-electron chi connectivity index (χ3n) is 2.81. The summed E-state index contributed by atoms with van der Waals surface area (Å²) in [5.74, 6) is 0. The first-order chi connectivity index (χ1) is 6.00. The summed E-state index contributed by atoms with van der Waals surface area (Å²) >= 11 is 0. The van der Waals surface area contributed by atoms with Gasteiger partial charge in [-0.05, 0) is 41.4 Å². The molecule has 3 unspecified atom stereocenters. The van der Waals surface area contributed by atoms with Gasteiger partial charge in [0.1, 0.15) is 0 Å². The van der Waals surface area contributed by atoms with Gasteiger partial charge in [0, 0.05) is 12.1 Å². The molecule has 0 aromatic rings. The van der Waals surface area contributed by atoms with Crippen molar-refractivity contribution in [2.24, 2.45) is 5.73 Å². The summed E-state index contributed by atoms with van der Waals surface area (Å²) in [6.07, 6.45) is 0.891. The predicted octanol–water partition coefficient (Wildman–Crippen LogP) is -0.533. The fourth-order valence-corrected chi connectivity index (χ4v) is 1.36. The molecule has 0 aromatic carbocycles. The van der Waals surface area contributed by atoms with E-state index >= 15 is 0 Å². The van der Waals surface area contributed by atoms with Crippen molar-refractivity contribution in [2.75, 3.05) is 21.1 Å². The minimum Gasteiger partial charge on any atom is -0.317 e. The first-order valence-corrected chi connectivity index (χ1v) is 4.82. The molecule has 0 bridgehead atoms. The molecular formula is C9H24N4. The van der Waals surface area contributed by atoms with E-state index in [0.717, 1.165) is 6.42 Å². The van der Waals surface area contributed by atoms with Crippen LogP contribution in [-0.2, 0) is 0 Å². The molecule has 80 valence electrons. The lowest BCUT2D eigenvalue weighted by Gasteiger charge is -2.37. The normalized spacial score (nSPS) is 20.8. The minimum absolute atomic E-state index is 0.244. The largest absolute Gasteiger partial charge is 0.317 e. The van der Waals surface area contributed by atoms with Gasteiger partial charge in [-0.3, -0.25) is 0 Å². The molecule has 0 spiro atoms. The van der Waals surface area contributed by atoms with Gasteiger partial charge in [-0.15, -0.1) is 0 Å². The van der Waals surface area contributed by atoms with Crippen LogP contribution in [0.5, 0.6) is 0 Å². The lowest BCUT2D eigenvalue weighted by molar-refractivity contribution is 0.236. The van der Waals surface area contributed by atoms with Crippen molar-refractivity contribution in [1.82, 2.24) is 16.0 Å². The molecule has 13 heavy (non-hydrogen) atoms. The number of hydrogen-bond donors (Lipinski definition) is 4. The standard InChI is InChI=1S/C9H24N4/c1-7(11-3)6-9(10,13-5)8(2)12-4/h7-8,11-13H,6,10H2,1-5H3. The van der Waals surface area contributed by atoms with E-state index in [2.05, 4.69) is 29.8 Å². The highest BCUT2D eigenvalue weighted by molar-refractivity contribution is 4.92. The smallest absolute Gasteiger partial charge is 0.0829 e. The zero-order chi connectivity index (χ0) is 10.5. The monoisotopic (exact) mass is 188 g/mol. The highest BCUT2D eigenvalue weighted by Gasteiger charge is 2.30. The zero-order valence-corrected chi connectivity index (χ0v) is 9.44. The third kappa shape index (κ3) is 3.60. The summed E-state index contributed by atoms with van der Waals surface area (Å²) in [5, 5.41) is 9.53. The highest BCUT2D eigenvalue weighted by Crippen LogP contribution is 2.10. The Morgan fingerprint density at radius 1 is 1.15 bits per heavy atom. The van der Waals surface area contributed by atoms with Crippen LogP contribution in [0.2, 0.25) is 0 Å². The van der Waals surface area contributed by atoms with Gasteiger partial charge in [0.2, 0.25) is 0 Å². The van der Waals surface area contributed by atoms with E-state index in [1.165, 1.54) is 0 Å².